The SMILES string of the molecule is C=C/C(=C\C=C/C)CC(CC(CCC)CCC)C(C)(C)C.C=CC(=C)C.C=CC(CCC)CCC.CCc1ccccc1. The lowest BCUT2D eigenvalue weighted by atomic mass is 9.71. The van der Waals surface area contributed by atoms with Gasteiger partial charge in [0.25, 0.3) is 0 Å². The van der Waals surface area contributed by atoms with E-state index < -0.39 is 0 Å². The summed E-state index contributed by atoms with van der Waals surface area (Å²) in [7, 11) is 0. The van der Waals surface area contributed by atoms with E-state index in [1.165, 1.54) is 68.9 Å². The van der Waals surface area contributed by atoms with Crippen molar-refractivity contribution >= 4 is 0 Å². The van der Waals surface area contributed by atoms with E-state index in [9.17, 15) is 0 Å². The average Bonchev–Trinajstić information content (AvgIpc) is 2.99. The number of hydrogen-bond acceptors (Lipinski definition) is 0. The Morgan fingerprint density at radius 2 is 1.28 bits per heavy atom. The molecule has 0 nitrogen and oxygen atoms in total. The topological polar surface area (TPSA) is 0 Å². The van der Waals surface area contributed by atoms with Crippen LogP contribution in [0.1, 0.15) is 139 Å². The van der Waals surface area contributed by atoms with Crippen LogP contribution in [0.3, 0.4) is 0 Å². The standard InChI is InChI=1S/C21H38.C9H18.C8H10.C5H8/c1-8-12-15-18(11-4)16-20(21(5,6)7)17-19(13-9-2)14-10-3;1-4-7-9(6-3)8-5-2;1-2-8-6-4-3-5-7-8;1-4-5(2)3/h8,11-12,15,19-20H,4,9-10,13-14,16-17H2,1-3,5-7H3;6,9H,3-5,7-8H2,1-2H3;3-7H,2H2,1H3;4H,1-2H2,3H3/b12-8-,18-15+;;;. The number of benzene rings is 1. The molecule has 1 unspecified atom stereocenters. The van der Waals surface area contributed by atoms with Crippen LogP contribution >= 0.6 is 0 Å². The first kappa shape index (κ1) is 45.1. The Morgan fingerprint density at radius 3 is 1.58 bits per heavy atom. The van der Waals surface area contributed by atoms with Crippen molar-refractivity contribution in [1.29, 1.82) is 0 Å². The highest BCUT2D eigenvalue weighted by atomic mass is 14.3. The second-order valence-corrected chi connectivity index (χ2v) is 12.9. The molecule has 246 valence electrons. The molecule has 0 radical (unpaired) electrons. The molecule has 43 heavy (non-hydrogen) atoms. The molecule has 0 aliphatic heterocycles. The van der Waals surface area contributed by atoms with Gasteiger partial charge in [-0.25, -0.2) is 0 Å². The molecule has 1 aromatic rings. The van der Waals surface area contributed by atoms with Gasteiger partial charge in [-0.1, -0.05) is 186 Å². The lowest BCUT2D eigenvalue weighted by Crippen LogP contribution is -2.24. The van der Waals surface area contributed by atoms with Gasteiger partial charge in [0, 0.05) is 0 Å². The fourth-order valence-corrected chi connectivity index (χ4v) is 4.90. The molecular formula is C43H74. The van der Waals surface area contributed by atoms with Crippen LogP contribution in [0.25, 0.3) is 0 Å². The maximum absolute atomic E-state index is 4.00. The molecule has 0 saturated carbocycles. The summed E-state index contributed by atoms with van der Waals surface area (Å²) in [5, 5.41) is 0. The van der Waals surface area contributed by atoms with Gasteiger partial charge in [0.15, 0.2) is 0 Å². The lowest BCUT2D eigenvalue weighted by molar-refractivity contribution is 0.185. The van der Waals surface area contributed by atoms with E-state index in [0.717, 1.165) is 36.2 Å². The zero-order valence-corrected chi connectivity index (χ0v) is 30.7. The molecule has 0 spiro atoms. The Morgan fingerprint density at radius 1 is 0.791 bits per heavy atom. The predicted octanol–water partition coefficient (Wildman–Crippen LogP) is 14.7. The summed E-state index contributed by atoms with van der Waals surface area (Å²) in [6, 6.07) is 10.5. The van der Waals surface area contributed by atoms with E-state index in [4.69, 9.17) is 0 Å². The van der Waals surface area contributed by atoms with E-state index in [1.54, 1.807) is 6.08 Å². The third-order valence-electron chi connectivity index (χ3n) is 7.74. The molecule has 0 fully saturated rings. The summed E-state index contributed by atoms with van der Waals surface area (Å²) >= 11 is 0. The molecule has 0 aliphatic carbocycles. The highest BCUT2D eigenvalue weighted by molar-refractivity contribution is 5.22. The summed E-state index contributed by atoms with van der Waals surface area (Å²) in [6.45, 7) is 37.2. The molecule has 1 atom stereocenters. The zero-order chi connectivity index (χ0) is 33.5. The van der Waals surface area contributed by atoms with Crippen molar-refractivity contribution in [2.45, 2.75) is 140 Å². The van der Waals surface area contributed by atoms with Gasteiger partial charge >= 0.3 is 0 Å². The van der Waals surface area contributed by atoms with Crippen LogP contribution in [-0.2, 0) is 6.42 Å². The third kappa shape index (κ3) is 29.5. The molecule has 0 aliphatic rings. The highest BCUT2D eigenvalue weighted by Gasteiger charge is 2.27. The Bertz CT molecular complexity index is 830. The van der Waals surface area contributed by atoms with E-state index in [0.29, 0.717) is 5.41 Å². The minimum Gasteiger partial charge on any atom is -0.103 e. The molecule has 1 rings (SSSR count). The van der Waals surface area contributed by atoms with Crippen molar-refractivity contribution in [2.75, 3.05) is 0 Å². The van der Waals surface area contributed by atoms with Crippen molar-refractivity contribution in [3.05, 3.63) is 110 Å². The van der Waals surface area contributed by atoms with Crippen molar-refractivity contribution in [2.24, 2.45) is 23.2 Å². The Balaban J connectivity index is -0.000000591. The molecule has 0 aromatic heterocycles. The van der Waals surface area contributed by atoms with Gasteiger partial charge in [-0.05, 0) is 80.3 Å². The summed E-state index contributed by atoms with van der Waals surface area (Å²) in [4.78, 5) is 0. The lowest BCUT2D eigenvalue weighted by Gasteiger charge is -2.34. The molecular weight excluding hydrogens is 516 g/mol. The highest BCUT2D eigenvalue weighted by Crippen LogP contribution is 2.38. The first-order chi connectivity index (χ1) is 20.4. The normalized spacial score (nSPS) is 11.9. The Hall–Kier alpha value is -2.34. The number of hydrogen-bond donors (Lipinski definition) is 0. The van der Waals surface area contributed by atoms with Gasteiger partial charge in [-0.2, -0.15) is 0 Å². The number of rotatable bonds is 17. The van der Waals surface area contributed by atoms with Gasteiger partial charge in [0.1, 0.15) is 0 Å². The molecule has 0 heterocycles. The van der Waals surface area contributed by atoms with Gasteiger partial charge in [-0.15, -0.1) is 6.58 Å². The van der Waals surface area contributed by atoms with Crippen LogP contribution in [0.15, 0.2) is 104 Å². The smallest absolute Gasteiger partial charge is 0.0236 e. The number of aryl methyl sites for hydroxylation is 1. The summed E-state index contributed by atoms with van der Waals surface area (Å²) in [5.41, 5.74) is 4.16. The fourth-order valence-electron chi connectivity index (χ4n) is 4.90. The second kappa shape index (κ2) is 31.1. The van der Waals surface area contributed by atoms with Crippen LogP contribution in [-0.4, -0.2) is 0 Å². The average molecular weight is 591 g/mol. The third-order valence-corrected chi connectivity index (χ3v) is 7.74. The maximum atomic E-state index is 4.00. The van der Waals surface area contributed by atoms with Crippen LogP contribution in [0.5, 0.6) is 0 Å². The van der Waals surface area contributed by atoms with Crippen LogP contribution in [0.4, 0.5) is 0 Å². The number of allylic oxidation sites excluding steroid dienone is 8. The van der Waals surface area contributed by atoms with Gasteiger partial charge in [-0.3, -0.25) is 0 Å². The minimum absolute atomic E-state index is 0.359. The molecule has 0 N–H and O–H groups in total. The monoisotopic (exact) mass is 591 g/mol. The second-order valence-electron chi connectivity index (χ2n) is 12.9. The largest absolute Gasteiger partial charge is 0.103 e. The van der Waals surface area contributed by atoms with Gasteiger partial charge in [0.05, 0.1) is 0 Å². The Kier molecular flexibility index (Phi) is 32.6. The molecule has 0 amide bonds. The van der Waals surface area contributed by atoms with Gasteiger partial charge < -0.3 is 0 Å². The molecule has 1 aromatic carbocycles. The van der Waals surface area contributed by atoms with E-state index in [2.05, 4.69) is 137 Å². The predicted molar refractivity (Wildman–Crippen MR) is 203 cm³/mol. The van der Waals surface area contributed by atoms with Crippen LogP contribution in [0.2, 0.25) is 0 Å². The summed E-state index contributed by atoms with van der Waals surface area (Å²) < 4.78 is 0. The van der Waals surface area contributed by atoms with E-state index in [-0.39, 0.29) is 0 Å². The fraction of sp³-hybridized carbons (Fsp3) is 0.581. The van der Waals surface area contributed by atoms with Crippen LogP contribution < -0.4 is 0 Å². The van der Waals surface area contributed by atoms with Crippen molar-refractivity contribution in [3.8, 4) is 0 Å². The van der Waals surface area contributed by atoms with Crippen molar-refractivity contribution < 1.29 is 0 Å². The zero-order valence-electron chi connectivity index (χ0n) is 30.7. The van der Waals surface area contributed by atoms with Crippen LogP contribution in [0, 0.1) is 23.2 Å². The molecule has 0 bridgehead atoms. The van der Waals surface area contributed by atoms with E-state index in [1.807, 2.05) is 19.1 Å². The quantitative estimate of drug-likeness (QED) is 0.125. The van der Waals surface area contributed by atoms with Crippen molar-refractivity contribution in [3.63, 3.8) is 0 Å². The molecule has 0 heteroatoms. The van der Waals surface area contributed by atoms with Crippen molar-refractivity contribution in [1.82, 2.24) is 0 Å². The van der Waals surface area contributed by atoms with Gasteiger partial charge in [0.2, 0.25) is 0 Å². The summed E-state index contributed by atoms with van der Waals surface area (Å²) in [6.07, 6.45) is 26.5. The maximum Gasteiger partial charge on any atom is -0.0236 e. The summed E-state index contributed by atoms with van der Waals surface area (Å²) in [5.74, 6) is 2.40. The first-order valence-electron chi connectivity index (χ1n) is 17.3. The Labute approximate surface area is 272 Å². The van der Waals surface area contributed by atoms with E-state index >= 15 is 0 Å². The molecule has 0 saturated heterocycles. The minimum atomic E-state index is 0.359. The first-order valence-corrected chi connectivity index (χ1v) is 17.3.